The lowest BCUT2D eigenvalue weighted by atomic mass is 9.96. The van der Waals surface area contributed by atoms with Gasteiger partial charge in [-0.2, -0.15) is 0 Å². The van der Waals surface area contributed by atoms with Gasteiger partial charge in [0.05, 0.1) is 42.7 Å². The third kappa shape index (κ3) is 5.81. The minimum absolute atomic E-state index is 0.211. The average Bonchev–Trinajstić information content (AvgIpc) is 3.30. The number of rotatable bonds is 9. The fourth-order valence-electron chi connectivity index (χ4n) is 4.67. The van der Waals surface area contributed by atoms with E-state index < -0.39 is 12.0 Å². The molecule has 0 saturated heterocycles. The van der Waals surface area contributed by atoms with Crippen LogP contribution in [0.3, 0.4) is 0 Å². The molecule has 0 spiro atoms. The summed E-state index contributed by atoms with van der Waals surface area (Å²) in [5.74, 6) is 1.33. The molecule has 1 aliphatic heterocycles. The van der Waals surface area contributed by atoms with Crippen molar-refractivity contribution in [2.75, 3.05) is 20.8 Å². The van der Waals surface area contributed by atoms with Crippen molar-refractivity contribution in [1.82, 2.24) is 4.57 Å². The van der Waals surface area contributed by atoms with Crippen molar-refractivity contribution in [3.8, 4) is 17.2 Å². The minimum atomic E-state index is -0.693. The summed E-state index contributed by atoms with van der Waals surface area (Å²) >= 11 is 1.26. The number of thiazole rings is 1. The summed E-state index contributed by atoms with van der Waals surface area (Å²) < 4.78 is 24.3. The Morgan fingerprint density at radius 2 is 1.76 bits per heavy atom. The summed E-state index contributed by atoms with van der Waals surface area (Å²) in [5, 5.41) is 0. The predicted octanol–water partition coefficient (Wildman–Crippen LogP) is 4.39. The molecule has 1 aliphatic rings. The number of allylic oxidation sites excluding steroid dienone is 1. The maximum Gasteiger partial charge on any atom is 0.338 e. The first-order valence-corrected chi connectivity index (χ1v) is 13.9. The molecule has 8 nitrogen and oxygen atoms in total. The monoisotopic (exact) mass is 570 g/mol. The second-order valence-corrected chi connectivity index (χ2v) is 10.3. The van der Waals surface area contributed by atoms with E-state index in [0.717, 1.165) is 16.7 Å². The molecular formula is C32H30N2O6S. The van der Waals surface area contributed by atoms with Gasteiger partial charge < -0.3 is 18.9 Å². The topological polar surface area (TPSA) is 88.4 Å². The van der Waals surface area contributed by atoms with Gasteiger partial charge in [-0.25, -0.2) is 9.79 Å². The van der Waals surface area contributed by atoms with Gasteiger partial charge in [0, 0.05) is 0 Å². The maximum absolute atomic E-state index is 13.9. The molecule has 41 heavy (non-hydrogen) atoms. The lowest BCUT2D eigenvalue weighted by Gasteiger charge is -2.24. The van der Waals surface area contributed by atoms with Crippen LogP contribution in [-0.4, -0.2) is 31.4 Å². The van der Waals surface area contributed by atoms with E-state index in [1.54, 1.807) is 50.8 Å². The Balaban J connectivity index is 1.55. The number of nitrogens with zero attached hydrogens (tertiary/aromatic N) is 2. The van der Waals surface area contributed by atoms with Gasteiger partial charge in [0.25, 0.3) is 5.56 Å². The Hall–Kier alpha value is -4.63. The van der Waals surface area contributed by atoms with Gasteiger partial charge in [-0.05, 0) is 60.9 Å². The highest BCUT2D eigenvalue weighted by atomic mass is 32.1. The van der Waals surface area contributed by atoms with Crippen LogP contribution in [0, 0.1) is 0 Å². The van der Waals surface area contributed by atoms with Crippen LogP contribution in [0.4, 0.5) is 0 Å². The lowest BCUT2D eigenvalue weighted by molar-refractivity contribution is -0.139. The molecule has 0 bridgehead atoms. The van der Waals surface area contributed by atoms with E-state index in [1.807, 2.05) is 60.7 Å². The highest BCUT2D eigenvalue weighted by molar-refractivity contribution is 7.07. The zero-order valence-corrected chi connectivity index (χ0v) is 24.1. The molecule has 0 N–H and O–H groups in total. The van der Waals surface area contributed by atoms with Crippen molar-refractivity contribution in [2.45, 2.75) is 26.5 Å². The molecule has 4 aromatic rings. The highest BCUT2D eigenvalue weighted by Gasteiger charge is 2.33. The summed E-state index contributed by atoms with van der Waals surface area (Å²) in [4.78, 5) is 32.1. The molecule has 3 aromatic carbocycles. The van der Waals surface area contributed by atoms with Crippen molar-refractivity contribution in [2.24, 2.45) is 4.99 Å². The minimum Gasteiger partial charge on any atom is -0.497 e. The summed E-state index contributed by atoms with van der Waals surface area (Å²) in [6.45, 7) is 4.13. The van der Waals surface area contributed by atoms with Gasteiger partial charge in [0.2, 0.25) is 0 Å². The Morgan fingerprint density at radius 1 is 1.00 bits per heavy atom. The summed E-state index contributed by atoms with van der Waals surface area (Å²) in [6, 6.07) is 22.0. The predicted molar refractivity (Wildman–Crippen MR) is 157 cm³/mol. The summed E-state index contributed by atoms with van der Waals surface area (Å²) in [5.41, 5.74) is 3.14. The van der Waals surface area contributed by atoms with Crippen molar-refractivity contribution >= 4 is 23.4 Å². The molecule has 1 atom stereocenters. The molecule has 0 saturated carbocycles. The molecule has 0 radical (unpaired) electrons. The van der Waals surface area contributed by atoms with Crippen LogP contribution in [0.2, 0.25) is 0 Å². The van der Waals surface area contributed by atoms with Crippen LogP contribution in [-0.2, 0) is 16.1 Å². The smallest absolute Gasteiger partial charge is 0.338 e. The molecule has 5 rings (SSSR count). The molecule has 210 valence electrons. The Labute approximate surface area is 241 Å². The van der Waals surface area contributed by atoms with Gasteiger partial charge in [-0.1, -0.05) is 59.9 Å². The number of methoxy groups -OCH3 is 2. The van der Waals surface area contributed by atoms with Crippen LogP contribution in [0.25, 0.3) is 6.08 Å². The van der Waals surface area contributed by atoms with Crippen LogP contribution in [0.15, 0.2) is 93.9 Å². The first-order valence-electron chi connectivity index (χ1n) is 13.1. The fourth-order valence-corrected chi connectivity index (χ4v) is 5.72. The van der Waals surface area contributed by atoms with E-state index in [1.165, 1.54) is 11.3 Å². The van der Waals surface area contributed by atoms with Crippen molar-refractivity contribution in [3.63, 3.8) is 0 Å². The largest absolute Gasteiger partial charge is 0.497 e. The zero-order chi connectivity index (χ0) is 28.9. The number of hydrogen-bond donors (Lipinski definition) is 0. The van der Waals surface area contributed by atoms with Crippen LogP contribution in [0.5, 0.6) is 17.2 Å². The van der Waals surface area contributed by atoms with Gasteiger partial charge in [0.1, 0.15) is 12.4 Å². The third-order valence-corrected chi connectivity index (χ3v) is 7.65. The second kappa shape index (κ2) is 12.3. The number of aromatic nitrogens is 1. The molecule has 0 unspecified atom stereocenters. The molecule has 9 heteroatoms. The van der Waals surface area contributed by atoms with E-state index in [0.29, 0.717) is 44.5 Å². The quantitative estimate of drug-likeness (QED) is 0.277. The van der Waals surface area contributed by atoms with Gasteiger partial charge in [-0.3, -0.25) is 9.36 Å². The fraction of sp³-hybridized carbons (Fsp3) is 0.219. The number of esters is 1. The van der Waals surface area contributed by atoms with E-state index in [9.17, 15) is 9.59 Å². The summed E-state index contributed by atoms with van der Waals surface area (Å²) in [7, 11) is 3.17. The third-order valence-electron chi connectivity index (χ3n) is 6.67. The standard InChI is InChI=1S/C32H30N2O6S/c1-5-39-31(36)28-20(2)33-32-34(29(28)23-12-14-24(37-3)15-13-23)30(35)27(41-32)18-22-11-16-25(26(17-22)38-4)40-19-21-9-7-6-8-10-21/h6-18,29H,5,19H2,1-4H3/t29-/m0/s1. The zero-order valence-electron chi connectivity index (χ0n) is 23.2. The molecule has 0 aliphatic carbocycles. The number of carbonyl (C=O) groups excluding carboxylic acids is 1. The number of fused-ring (bicyclic) bond motifs is 1. The van der Waals surface area contributed by atoms with Crippen LogP contribution >= 0.6 is 11.3 Å². The second-order valence-electron chi connectivity index (χ2n) is 9.26. The Morgan fingerprint density at radius 3 is 2.44 bits per heavy atom. The number of hydrogen-bond acceptors (Lipinski definition) is 8. The molecule has 2 heterocycles. The lowest BCUT2D eigenvalue weighted by Crippen LogP contribution is -2.39. The summed E-state index contributed by atoms with van der Waals surface area (Å²) in [6.07, 6.45) is 1.79. The maximum atomic E-state index is 13.9. The van der Waals surface area contributed by atoms with E-state index in [-0.39, 0.29) is 12.2 Å². The Kier molecular flexibility index (Phi) is 8.35. The first kappa shape index (κ1) is 27.9. The molecular weight excluding hydrogens is 540 g/mol. The van der Waals surface area contributed by atoms with E-state index >= 15 is 0 Å². The Bertz CT molecular complexity index is 1770. The first-order chi connectivity index (χ1) is 19.9. The molecule has 1 aromatic heterocycles. The van der Waals surface area contributed by atoms with Crippen molar-refractivity contribution in [3.05, 3.63) is 120 Å². The normalized spacial score (nSPS) is 14.7. The van der Waals surface area contributed by atoms with Crippen molar-refractivity contribution in [1.29, 1.82) is 0 Å². The van der Waals surface area contributed by atoms with Crippen LogP contribution < -0.4 is 29.1 Å². The SMILES string of the molecule is CCOC(=O)C1=C(C)N=c2sc(=Cc3ccc(OCc4ccccc4)c(OC)c3)c(=O)n2[C@H]1c1ccc(OC)cc1. The van der Waals surface area contributed by atoms with E-state index in [2.05, 4.69) is 4.99 Å². The number of benzene rings is 3. The van der Waals surface area contributed by atoms with Gasteiger partial charge in [-0.15, -0.1) is 0 Å². The molecule has 0 fully saturated rings. The number of ether oxygens (including phenoxy) is 4. The van der Waals surface area contributed by atoms with Crippen LogP contribution in [0.1, 0.15) is 36.6 Å². The van der Waals surface area contributed by atoms with Crippen molar-refractivity contribution < 1.29 is 23.7 Å². The van der Waals surface area contributed by atoms with Gasteiger partial charge in [0.15, 0.2) is 16.3 Å². The average molecular weight is 571 g/mol. The highest BCUT2D eigenvalue weighted by Crippen LogP contribution is 2.32. The van der Waals surface area contributed by atoms with Gasteiger partial charge >= 0.3 is 5.97 Å². The number of carbonyl (C=O) groups is 1. The van der Waals surface area contributed by atoms with E-state index in [4.69, 9.17) is 18.9 Å². The molecule has 0 amide bonds.